The Balaban J connectivity index is 1.23. The molecule has 3 aromatic rings. The molecule has 0 aliphatic carbocycles. The Morgan fingerprint density at radius 1 is 0.907 bits per heavy atom. The van der Waals surface area contributed by atoms with Crippen LogP contribution in [0.3, 0.4) is 0 Å². The zero-order valence-corrected chi connectivity index (χ0v) is 24.1. The van der Waals surface area contributed by atoms with Crippen LogP contribution < -0.4 is 20.7 Å². The number of carbonyl (C=O) groups is 3. The van der Waals surface area contributed by atoms with Crippen LogP contribution in [0.25, 0.3) is 0 Å². The summed E-state index contributed by atoms with van der Waals surface area (Å²) in [5, 5.41) is 7.55. The molecule has 11 nitrogen and oxygen atoms in total. The first-order valence-electron chi connectivity index (χ1n) is 13.9. The number of anilines is 3. The van der Waals surface area contributed by atoms with Crippen LogP contribution in [-0.4, -0.2) is 90.9 Å². The lowest BCUT2D eigenvalue weighted by atomic mass is 10.2. The van der Waals surface area contributed by atoms with Crippen molar-refractivity contribution in [3.63, 3.8) is 0 Å². The number of benzene rings is 2. The minimum Gasteiger partial charge on any atom is -0.457 e. The highest BCUT2D eigenvalue weighted by atomic mass is 19.1. The molecule has 2 aromatic carbocycles. The summed E-state index contributed by atoms with van der Waals surface area (Å²) < 4.78 is 33.4. The smallest absolute Gasteiger partial charge is 0.322 e. The summed E-state index contributed by atoms with van der Waals surface area (Å²) in [5.41, 5.74) is 0.194. The molecule has 3 N–H and O–H groups in total. The van der Waals surface area contributed by atoms with Gasteiger partial charge in [-0.05, 0) is 62.5 Å². The Morgan fingerprint density at radius 3 is 2.33 bits per heavy atom. The van der Waals surface area contributed by atoms with Crippen LogP contribution in [0.4, 0.5) is 30.8 Å². The maximum Gasteiger partial charge on any atom is 0.322 e. The SMILES string of the molecule is CN1CCN(CCCN(C)C(=O)Nc2cc(Oc3ccc(NC(=O)CC(=O)Nc4ccc(F)cc4)c(F)c3)ccn2)CC1. The Bertz CT molecular complexity index is 1420. The summed E-state index contributed by atoms with van der Waals surface area (Å²) in [4.78, 5) is 47.4. The number of likely N-dealkylation sites (N-methyl/N-ethyl adjacent to an activating group) is 1. The van der Waals surface area contributed by atoms with E-state index in [9.17, 15) is 23.2 Å². The van der Waals surface area contributed by atoms with Gasteiger partial charge in [0.2, 0.25) is 11.8 Å². The van der Waals surface area contributed by atoms with Gasteiger partial charge in [-0.15, -0.1) is 0 Å². The van der Waals surface area contributed by atoms with Crippen molar-refractivity contribution >= 4 is 35.0 Å². The van der Waals surface area contributed by atoms with Crippen molar-refractivity contribution in [1.82, 2.24) is 19.7 Å². The van der Waals surface area contributed by atoms with Crippen LogP contribution in [0, 0.1) is 11.6 Å². The second-order valence-corrected chi connectivity index (χ2v) is 10.3. The number of ether oxygens (including phenoxy) is 1. The number of halogens is 2. The van der Waals surface area contributed by atoms with E-state index < -0.39 is 29.9 Å². The van der Waals surface area contributed by atoms with Gasteiger partial charge >= 0.3 is 6.03 Å². The lowest BCUT2D eigenvalue weighted by Gasteiger charge is -2.32. The van der Waals surface area contributed by atoms with Crippen molar-refractivity contribution in [3.8, 4) is 11.5 Å². The molecular weight excluding hydrogens is 560 g/mol. The van der Waals surface area contributed by atoms with Gasteiger partial charge in [-0.3, -0.25) is 14.9 Å². The normalized spacial score (nSPS) is 13.7. The molecule has 43 heavy (non-hydrogen) atoms. The third-order valence-electron chi connectivity index (χ3n) is 6.78. The van der Waals surface area contributed by atoms with E-state index in [1.807, 2.05) is 0 Å². The van der Waals surface area contributed by atoms with Gasteiger partial charge in [-0.25, -0.2) is 18.6 Å². The van der Waals surface area contributed by atoms with Gasteiger partial charge in [0.25, 0.3) is 0 Å². The highest BCUT2D eigenvalue weighted by molar-refractivity contribution is 6.08. The maximum absolute atomic E-state index is 14.7. The van der Waals surface area contributed by atoms with E-state index in [2.05, 4.69) is 37.8 Å². The maximum atomic E-state index is 14.7. The van der Waals surface area contributed by atoms with Crippen molar-refractivity contribution in [2.45, 2.75) is 12.8 Å². The first kappa shape index (κ1) is 31.3. The van der Waals surface area contributed by atoms with E-state index >= 15 is 0 Å². The molecule has 2 heterocycles. The number of hydrogen-bond donors (Lipinski definition) is 3. The minimum atomic E-state index is -0.773. The second-order valence-electron chi connectivity index (χ2n) is 10.3. The zero-order valence-electron chi connectivity index (χ0n) is 24.1. The number of piperazine rings is 1. The molecule has 1 saturated heterocycles. The molecule has 13 heteroatoms. The minimum absolute atomic E-state index is 0.134. The fourth-order valence-corrected chi connectivity index (χ4v) is 4.33. The van der Waals surface area contributed by atoms with Gasteiger partial charge in [0, 0.05) is 63.8 Å². The quantitative estimate of drug-likeness (QED) is 0.284. The Hall–Kier alpha value is -4.62. The van der Waals surface area contributed by atoms with Crippen LogP contribution in [0.15, 0.2) is 60.8 Å². The molecule has 0 spiro atoms. The summed E-state index contributed by atoms with van der Waals surface area (Å²) in [7, 11) is 3.84. The number of urea groups is 1. The largest absolute Gasteiger partial charge is 0.457 e. The van der Waals surface area contributed by atoms with Gasteiger partial charge < -0.3 is 30.1 Å². The molecule has 1 aliphatic rings. The van der Waals surface area contributed by atoms with Gasteiger partial charge in [0.05, 0.1) is 5.69 Å². The number of carbonyl (C=O) groups excluding carboxylic acids is 3. The summed E-state index contributed by atoms with van der Waals surface area (Å²) in [6, 6.07) is 11.7. The summed E-state index contributed by atoms with van der Waals surface area (Å²) in [6.45, 7) is 5.69. The standard InChI is InChI=1S/C30H35F2N7O4/c1-37-14-16-39(17-15-37)13-3-12-38(2)30(42)36-27-19-24(10-11-33-27)43-23-8-9-26(25(32)18-23)35-29(41)20-28(40)34-22-6-4-21(31)5-7-22/h4-11,18-19H,3,12-17,20H2,1-2H3,(H,34,40)(H,35,41)(H,33,36,42). The van der Waals surface area contributed by atoms with E-state index in [1.165, 1.54) is 48.7 Å². The lowest BCUT2D eigenvalue weighted by Crippen LogP contribution is -2.45. The molecule has 228 valence electrons. The van der Waals surface area contributed by atoms with E-state index in [0.29, 0.717) is 18.0 Å². The highest BCUT2D eigenvalue weighted by Crippen LogP contribution is 2.27. The molecule has 1 aliphatic heterocycles. The molecular formula is C30H35F2N7O4. The van der Waals surface area contributed by atoms with Crippen LogP contribution in [0.1, 0.15) is 12.8 Å². The number of hydrogen-bond acceptors (Lipinski definition) is 7. The fourth-order valence-electron chi connectivity index (χ4n) is 4.33. The summed E-state index contributed by atoms with van der Waals surface area (Å²) in [6.07, 6.45) is 1.75. The molecule has 1 aromatic heterocycles. The zero-order chi connectivity index (χ0) is 30.8. The average Bonchev–Trinajstić information content (AvgIpc) is 2.97. The number of rotatable bonds is 11. The number of nitrogens with one attached hydrogen (secondary N) is 3. The third-order valence-corrected chi connectivity index (χ3v) is 6.78. The number of amides is 4. The van der Waals surface area contributed by atoms with E-state index in [-0.39, 0.29) is 23.3 Å². The Morgan fingerprint density at radius 2 is 1.60 bits per heavy atom. The predicted octanol–water partition coefficient (Wildman–Crippen LogP) is 4.22. The van der Waals surface area contributed by atoms with Gasteiger partial charge in [0.15, 0.2) is 0 Å². The summed E-state index contributed by atoms with van der Waals surface area (Å²) in [5.74, 6) is -1.86. The molecule has 1 fully saturated rings. The topological polar surface area (TPSA) is 119 Å². The molecule has 0 atom stereocenters. The highest BCUT2D eigenvalue weighted by Gasteiger charge is 2.16. The number of pyridine rings is 1. The van der Waals surface area contributed by atoms with E-state index in [0.717, 1.165) is 45.2 Å². The van der Waals surface area contributed by atoms with Crippen LogP contribution in [0.5, 0.6) is 11.5 Å². The predicted molar refractivity (Wildman–Crippen MR) is 159 cm³/mol. The first-order valence-corrected chi connectivity index (χ1v) is 13.9. The fraction of sp³-hybridized carbons (Fsp3) is 0.333. The van der Waals surface area contributed by atoms with Crippen molar-refractivity contribution in [3.05, 3.63) is 72.4 Å². The van der Waals surface area contributed by atoms with Crippen molar-refractivity contribution in [1.29, 1.82) is 0 Å². The van der Waals surface area contributed by atoms with Gasteiger partial charge in [0.1, 0.15) is 35.4 Å². The second kappa shape index (κ2) is 15.0. The van der Waals surface area contributed by atoms with Crippen molar-refractivity contribution in [2.75, 3.05) is 69.3 Å². The molecule has 0 unspecified atom stereocenters. The van der Waals surface area contributed by atoms with Crippen LogP contribution in [-0.2, 0) is 9.59 Å². The molecule has 0 bridgehead atoms. The molecule has 0 saturated carbocycles. The third kappa shape index (κ3) is 10.0. The lowest BCUT2D eigenvalue weighted by molar-refractivity contribution is -0.123. The van der Waals surface area contributed by atoms with Crippen molar-refractivity contribution < 1.29 is 27.9 Å². The number of nitrogens with zero attached hydrogens (tertiary/aromatic N) is 4. The van der Waals surface area contributed by atoms with Crippen LogP contribution >= 0.6 is 0 Å². The van der Waals surface area contributed by atoms with Crippen LogP contribution in [0.2, 0.25) is 0 Å². The average molecular weight is 596 g/mol. The Labute approximate surface area is 248 Å². The number of aromatic nitrogens is 1. The van der Waals surface area contributed by atoms with E-state index in [1.54, 1.807) is 18.0 Å². The van der Waals surface area contributed by atoms with Crippen molar-refractivity contribution in [2.24, 2.45) is 0 Å². The molecule has 4 rings (SSSR count). The van der Waals surface area contributed by atoms with Gasteiger partial charge in [-0.1, -0.05) is 0 Å². The molecule has 4 amide bonds. The van der Waals surface area contributed by atoms with Gasteiger partial charge in [-0.2, -0.15) is 0 Å². The molecule has 0 radical (unpaired) electrons. The monoisotopic (exact) mass is 595 g/mol. The first-order chi connectivity index (χ1) is 20.6. The van der Waals surface area contributed by atoms with E-state index in [4.69, 9.17) is 4.74 Å². The Kier molecular flexibility index (Phi) is 10.9. The summed E-state index contributed by atoms with van der Waals surface area (Å²) >= 11 is 0.